The minimum Gasteiger partial charge on any atom is -0.334 e. The Kier molecular flexibility index (Phi) is 4.88. The fourth-order valence-electron chi connectivity index (χ4n) is 3.61. The summed E-state index contributed by atoms with van der Waals surface area (Å²) in [5.74, 6) is 1.18. The van der Waals surface area contributed by atoms with E-state index in [0.29, 0.717) is 18.4 Å². The highest BCUT2D eigenvalue weighted by Gasteiger charge is 2.22. The number of nitrogens with one attached hydrogen (secondary N) is 2. The number of urea groups is 1. The van der Waals surface area contributed by atoms with Crippen molar-refractivity contribution in [2.24, 2.45) is 11.8 Å². The van der Waals surface area contributed by atoms with Crippen molar-refractivity contribution >= 4 is 16.9 Å². The molecule has 1 aromatic carbocycles. The number of rotatable bonds is 2. The van der Waals surface area contributed by atoms with Gasteiger partial charge in [-0.3, -0.25) is 4.79 Å². The van der Waals surface area contributed by atoms with E-state index >= 15 is 0 Å². The van der Waals surface area contributed by atoms with E-state index in [1.807, 2.05) is 29.2 Å². The molecule has 2 heterocycles. The summed E-state index contributed by atoms with van der Waals surface area (Å²) in [4.78, 5) is 29.1. The second-order valence-electron chi connectivity index (χ2n) is 7.04. The first-order chi connectivity index (χ1) is 11.5. The van der Waals surface area contributed by atoms with Crippen LogP contribution in [-0.2, 0) is 6.54 Å². The van der Waals surface area contributed by atoms with E-state index < -0.39 is 0 Å². The van der Waals surface area contributed by atoms with Gasteiger partial charge in [0.05, 0.1) is 0 Å². The molecule has 2 amide bonds. The van der Waals surface area contributed by atoms with E-state index in [9.17, 15) is 9.59 Å². The number of amides is 2. The van der Waals surface area contributed by atoms with Gasteiger partial charge < -0.3 is 15.2 Å². The predicted octanol–water partition coefficient (Wildman–Crippen LogP) is 3.11. The number of H-pyrrole nitrogens is 1. The number of likely N-dealkylation sites (tertiary alicyclic amines) is 1. The quantitative estimate of drug-likeness (QED) is 0.890. The average molecular weight is 327 g/mol. The van der Waals surface area contributed by atoms with Crippen LogP contribution in [0, 0.1) is 11.8 Å². The van der Waals surface area contributed by atoms with E-state index in [1.54, 1.807) is 6.07 Å². The number of carbonyl (C=O) groups excluding carboxylic acids is 1. The van der Waals surface area contributed by atoms with Crippen LogP contribution in [0.5, 0.6) is 0 Å². The van der Waals surface area contributed by atoms with Crippen molar-refractivity contribution in [1.82, 2.24) is 15.2 Å². The molecule has 128 valence electrons. The monoisotopic (exact) mass is 327 g/mol. The van der Waals surface area contributed by atoms with Gasteiger partial charge in [0.1, 0.15) is 0 Å². The largest absolute Gasteiger partial charge is 0.334 e. The molecule has 1 aliphatic heterocycles. The van der Waals surface area contributed by atoms with Gasteiger partial charge in [-0.1, -0.05) is 32.0 Å². The van der Waals surface area contributed by atoms with E-state index in [1.165, 1.54) is 6.42 Å². The number of aromatic nitrogens is 1. The van der Waals surface area contributed by atoms with Gasteiger partial charge in [0.2, 0.25) is 5.56 Å². The first-order valence-corrected chi connectivity index (χ1v) is 8.66. The lowest BCUT2D eigenvalue weighted by atomic mass is 9.97. The highest BCUT2D eigenvalue weighted by Crippen LogP contribution is 2.21. The standard InChI is InChI=1S/C19H25N3O2/c1-13-7-8-22(12-14(2)9-13)19(24)20-11-15-10-18(23)21-17-6-4-3-5-16(15)17/h3-6,10,13-14H,7-9,11-12H2,1-2H3,(H,20,24)(H,21,23)/t13-,14-/m1/s1. The number of para-hydroxylation sites is 1. The van der Waals surface area contributed by atoms with Gasteiger partial charge in [0.15, 0.2) is 0 Å². The summed E-state index contributed by atoms with van der Waals surface area (Å²) in [6.07, 6.45) is 2.22. The van der Waals surface area contributed by atoms with Gasteiger partial charge >= 0.3 is 6.03 Å². The molecule has 0 spiro atoms. The van der Waals surface area contributed by atoms with Crippen molar-refractivity contribution in [1.29, 1.82) is 0 Å². The molecule has 3 rings (SSSR count). The zero-order valence-electron chi connectivity index (χ0n) is 14.3. The van der Waals surface area contributed by atoms with Gasteiger partial charge in [-0.2, -0.15) is 0 Å². The minimum atomic E-state index is -0.143. The summed E-state index contributed by atoms with van der Waals surface area (Å²) < 4.78 is 0. The predicted molar refractivity (Wildman–Crippen MR) is 95.9 cm³/mol. The Hall–Kier alpha value is -2.30. The molecule has 1 fully saturated rings. The molecule has 0 saturated carbocycles. The summed E-state index contributed by atoms with van der Waals surface area (Å²) in [6.45, 7) is 6.41. The highest BCUT2D eigenvalue weighted by atomic mass is 16.2. The fraction of sp³-hybridized carbons (Fsp3) is 0.474. The molecule has 1 saturated heterocycles. The number of hydrogen-bond donors (Lipinski definition) is 2. The van der Waals surface area contributed by atoms with Crippen LogP contribution in [0.25, 0.3) is 10.9 Å². The maximum atomic E-state index is 12.5. The Morgan fingerprint density at radius 1 is 1.29 bits per heavy atom. The summed E-state index contributed by atoms with van der Waals surface area (Å²) in [7, 11) is 0. The van der Waals surface area contributed by atoms with Gasteiger partial charge in [-0.15, -0.1) is 0 Å². The second-order valence-corrected chi connectivity index (χ2v) is 7.04. The van der Waals surface area contributed by atoms with Crippen molar-refractivity contribution in [2.75, 3.05) is 13.1 Å². The Morgan fingerprint density at radius 3 is 2.92 bits per heavy atom. The molecule has 1 aromatic heterocycles. The summed E-state index contributed by atoms with van der Waals surface area (Å²) in [6, 6.07) is 9.18. The minimum absolute atomic E-state index is 0.0414. The normalized spacial score (nSPS) is 21.5. The Bertz CT molecular complexity index is 784. The Balaban J connectivity index is 1.71. The molecular weight excluding hydrogens is 302 g/mol. The molecule has 5 nitrogen and oxygen atoms in total. The molecule has 5 heteroatoms. The lowest BCUT2D eigenvalue weighted by Gasteiger charge is -2.23. The second kappa shape index (κ2) is 7.07. The maximum Gasteiger partial charge on any atom is 0.317 e. The van der Waals surface area contributed by atoms with Crippen molar-refractivity contribution in [3.8, 4) is 0 Å². The van der Waals surface area contributed by atoms with Crippen molar-refractivity contribution in [3.05, 3.63) is 46.2 Å². The zero-order valence-corrected chi connectivity index (χ0v) is 14.3. The van der Waals surface area contributed by atoms with Crippen LogP contribution in [0.1, 0.15) is 32.3 Å². The smallest absolute Gasteiger partial charge is 0.317 e. The first-order valence-electron chi connectivity index (χ1n) is 8.66. The number of fused-ring (bicyclic) bond motifs is 1. The molecule has 0 unspecified atom stereocenters. The van der Waals surface area contributed by atoms with Crippen LogP contribution in [0.3, 0.4) is 0 Å². The third-order valence-electron chi connectivity index (χ3n) is 4.78. The van der Waals surface area contributed by atoms with Gasteiger partial charge in [0.25, 0.3) is 0 Å². The van der Waals surface area contributed by atoms with Gasteiger partial charge in [-0.25, -0.2) is 4.79 Å². The number of pyridine rings is 1. The van der Waals surface area contributed by atoms with Crippen LogP contribution in [0.4, 0.5) is 4.79 Å². The third-order valence-corrected chi connectivity index (χ3v) is 4.78. The number of aromatic amines is 1. The molecule has 2 aromatic rings. The summed E-state index contributed by atoms with van der Waals surface area (Å²) in [5, 5.41) is 3.95. The number of benzene rings is 1. The lowest BCUT2D eigenvalue weighted by molar-refractivity contribution is 0.193. The first kappa shape index (κ1) is 16.6. The van der Waals surface area contributed by atoms with Crippen LogP contribution < -0.4 is 10.9 Å². The van der Waals surface area contributed by atoms with Gasteiger partial charge in [-0.05, 0) is 36.3 Å². The van der Waals surface area contributed by atoms with E-state index in [4.69, 9.17) is 0 Å². The van der Waals surface area contributed by atoms with Crippen LogP contribution in [0.2, 0.25) is 0 Å². The molecule has 2 N–H and O–H groups in total. The topological polar surface area (TPSA) is 65.2 Å². The molecule has 24 heavy (non-hydrogen) atoms. The van der Waals surface area contributed by atoms with Crippen LogP contribution >= 0.6 is 0 Å². The number of nitrogens with zero attached hydrogens (tertiary/aromatic N) is 1. The number of hydrogen-bond acceptors (Lipinski definition) is 2. The number of carbonyl (C=O) groups is 1. The van der Waals surface area contributed by atoms with Crippen molar-refractivity contribution < 1.29 is 4.79 Å². The molecular formula is C19H25N3O2. The van der Waals surface area contributed by atoms with Crippen LogP contribution in [-0.4, -0.2) is 29.0 Å². The SMILES string of the molecule is C[C@@H]1CCN(C(=O)NCc2cc(=O)[nH]c3ccccc23)C[C@H](C)C1. The maximum absolute atomic E-state index is 12.5. The Labute approximate surface area is 142 Å². The molecule has 0 aliphatic carbocycles. The van der Waals surface area contributed by atoms with Crippen molar-refractivity contribution in [3.63, 3.8) is 0 Å². The summed E-state index contributed by atoms with van der Waals surface area (Å²) >= 11 is 0. The molecule has 0 bridgehead atoms. The average Bonchev–Trinajstić information content (AvgIpc) is 2.72. The zero-order chi connectivity index (χ0) is 17.1. The molecule has 1 aliphatic rings. The molecule has 0 radical (unpaired) electrons. The van der Waals surface area contributed by atoms with E-state index in [-0.39, 0.29) is 11.6 Å². The van der Waals surface area contributed by atoms with E-state index in [0.717, 1.165) is 36.0 Å². The Morgan fingerprint density at radius 2 is 2.08 bits per heavy atom. The highest BCUT2D eigenvalue weighted by molar-refractivity contribution is 5.82. The third kappa shape index (κ3) is 3.78. The summed E-state index contributed by atoms with van der Waals surface area (Å²) in [5.41, 5.74) is 1.50. The van der Waals surface area contributed by atoms with Gasteiger partial charge in [0, 0.05) is 36.6 Å². The fourth-order valence-corrected chi connectivity index (χ4v) is 3.61. The molecule has 2 atom stereocenters. The van der Waals surface area contributed by atoms with Crippen LogP contribution in [0.15, 0.2) is 35.1 Å². The van der Waals surface area contributed by atoms with Crippen molar-refractivity contribution in [2.45, 2.75) is 33.2 Å². The van der Waals surface area contributed by atoms with E-state index in [2.05, 4.69) is 24.1 Å². The lowest BCUT2D eigenvalue weighted by Crippen LogP contribution is -2.41.